The monoisotopic (exact) mass is 2050 g/mol. The zero-order chi connectivity index (χ0) is 106. The van der Waals surface area contributed by atoms with Crippen LogP contribution in [0, 0.1) is 34.5 Å². The number of aryl methyl sites for hydroxylation is 2. The number of nitrogens with one attached hydrogen (secondary N) is 4. The molecule has 149 heavy (non-hydrogen) atoms. The van der Waals surface area contributed by atoms with Crippen LogP contribution in [0.1, 0.15) is 344 Å². The molecular weight excluding hydrogens is 1890 g/mol. The van der Waals surface area contributed by atoms with E-state index in [2.05, 4.69) is 94.6 Å². The Morgan fingerprint density at radius 2 is 0.664 bits per heavy atom. The minimum Gasteiger partial charge on any atom is -0.491 e. The second-order valence-corrected chi connectivity index (χ2v) is 45.9. The van der Waals surface area contributed by atoms with Gasteiger partial charge in [-0.1, -0.05) is 73.6 Å². The number of carbonyl (C=O) groups excluding carboxylic acids is 12. The van der Waals surface area contributed by atoms with Gasteiger partial charge in [-0.2, -0.15) is 20.4 Å². The van der Waals surface area contributed by atoms with Crippen LogP contribution < -0.4 is 26.0 Å². The molecule has 33 nitrogen and oxygen atoms in total. The van der Waals surface area contributed by atoms with Crippen LogP contribution in [0.15, 0.2) is 48.5 Å². The van der Waals surface area contributed by atoms with Crippen LogP contribution in [0.5, 0.6) is 5.75 Å². The molecule has 4 saturated heterocycles. The van der Waals surface area contributed by atoms with Crippen LogP contribution in [-0.2, 0) is 116 Å². The Morgan fingerprint density at radius 3 is 0.966 bits per heavy atom. The Kier molecular flexibility index (Phi) is 34.6. The van der Waals surface area contributed by atoms with Gasteiger partial charge in [0.25, 0.3) is 0 Å². The Morgan fingerprint density at radius 1 is 0.369 bits per heavy atom. The molecule has 4 saturated carbocycles. The highest BCUT2D eigenvalue weighted by molar-refractivity contribution is 6.10. The lowest BCUT2D eigenvalue weighted by Gasteiger charge is -2.26. The Labute approximate surface area is 876 Å². The highest BCUT2D eigenvalue weighted by Crippen LogP contribution is 2.64. The van der Waals surface area contributed by atoms with Gasteiger partial charge in [-0.05, 0) is 269 Å². The molecule has 8 aromatic rings. The average molecular weight is 2050 g/mol. The Bertz CT molecular complexity index is 6380. The SMILES string of the molecule is CCC(=O)[C@@H]1C[C@]23COCCCCCNCc4cc(C(C)C)cc5c(C(C)=O)nn(c45)CC(=O)N1[C@@H]2C3.CCC(=O)[C@@H]1C[C@]23COCCCCCNCc4cc(C)cc5c(C(C)=O)nn(c45)CC(=O)N1[C@@H]2C3.CCC(=O)[C@@H]1C[C@]23COCCCCCNCc4cc(CCC(C)C)cc5c(C(C)=O)nn(c45)CC(=O)N1[C@@H]2C3.CCC(=O)[C@@H]1C[C@]23COCCCCCNCc4cc(OC(C)C)cc5c(C(C)=O)nn(c45)CC(=O)N1[C@@H]2C3. The van der Waals surface area contributed by atoms with Crippen molar-refractivity contribution in [3.8, 4) is 5.75 Å². The minimum atomic E-state index is -0.421. The van der Waals surface area contributed by atoms with Gasteiger partial charge in [0, 0.05) is 173 Å². The maximum Gasteiger partial charge on any atom is 0.245 e. The number of piperidine rings is 4. The second kappa shape index (κ2) is 47.0. The predicted molar refractivity (Wildman–Crippen MR) is 568 cm³/mol. The van der Waals surface area contributed by atoms with Crippen LogP contribution in [0.4, 0.5) is 0 Å². The van der Waals surface area contributed by atoms with Gasteiger partial charge in [-0.3, -0.25) is 76.3 Å². The summed E-state index contributed by atoms with van der Waals surface area (Å²) in [7, 11) is 0. The van der Waals surface area contributed by atoms with Gasteiger partial charge in [0.1, 0.15) is 54.7 Å². The molecule has 12 atom stereocenters. The maximum atomic E-state index is 13.9. The normalized spacial score (nSPS) is 26.7. The summed E-state index contributed by atoms with van der Waals surface area (Å²) in [6, 6.07) is 15.0. The van der Waals surface area contributed by atoms with Crippen molar-refractivity contribution in [2.45, 2.75) is 384 Å². The Balaban J connectivity index is 0.000000135. The van der Waals surface area contributed by atoms with Gasteiger partial charge in [0.15, 0.2) is 46.3 Å². The van der Waals surface area contributed by atoms with Crippen LogP contribution in [0.25, 0.3) is 43.6 Å². The molecule has 0 unspecified atom stereocenters. The Hall–Kier alpha value is -10.5. The number of aromatic nitrogens is 8. The molecule has 4 aliphatic carbocycles. The van der Waals surface area contributed by atoms with E-state index in [0.717, 1.165) is 233 Å². The van der Waals surface area contributed by atoms with Gasteiger partial charge in [0.2, 0.25) is 23.6 Å². The van der Waals surface area contributed by atoms with Crippen LogP contribution in [-0.4, -0.2) is 262 Å². The predicted octanol–water partition coefficient (Wildman–Crippen LogP) is 15.3. The first-order valence-electron chi connectivity index (χ1n) is 55.9. The summed E-state index contributed by atoms with van der Waals surface area (Å²) in [5.41, 5.74) is 11.9. The third-order valence-electron chi connectivity index (χ3n) is 33.5. The van der Waals surface area contributed by atoms with Gasteiger partial charge in [-0.15, -0.1) is 0 Å². The number of ketones is 8. The van der Waals surface area contributed by atoms with E-state index in [9.17, 15) is 57.5 Å². The number of nitrogens with zero attached hydrogens (tertiary/aromatic N) is 12. The van der Waals surface area contributed by atoms with Crippen molar-refractivity contribution in [3.05, 3.63) is 110 Å². The van der Waals surface area contributed by atoms with E-state index >= 15 is 0 Å². The first kappa shape index (κ1) is 110. The minimum absolute atomic E-state index is 0.0126. The molecule has 0 spiro atoms. The lowest BCUT2D eigenvalue weighted by Crippen LogP contribution is -2.44. The van der Waals surface area contributed by atoms with E-state index < -0.39 is 24.2 Å². The smallest absolute Gasteiger partial charge is 0.245 e. The first-order valence-corrected chi connectivity index (χ1v) is 55.9. The fourth-order valence-electron chi connectivity index (χ4n) is 25.3. The van der Waals surface area contributed by atoms with E-state index in [0.29, 0.717) is 156 Å². The third kappa shape index (κ3) is 23.7. The van der Waals surface area contributed by atoms with E-state index in [1.54, 1.807) is 25.7 Å². The number of hydrogen-bond donors (Lipinski definition) is 4. The third-order valence-corrected chi connectivity index (χ3v) is 33.5. The number of benzene rings is 4. The zero-order valence-corrected chi connectivity index (χ0v) is 90.8. The summed E-state index contributed by atoms with van der Waals surface area (Å²) in [5.74, 6) is 1.02. The molecule has 4 aromatic heterocycles. The van der Waals surface area contributed by atoms with Crippen molar-refractivity contribution >= 4 is 114 Å². The topological polar surface area (TPSA) is 383 Å². The van der Waals surface area contributed by atoms with Crippen molar-refractivity contribution < 1.29 is 81.2 Å². The van der Waals surface area contributed by atoms with E-state index in [1.807, 2.05) is 86.3 Å². The van der Waals surface area contributed by atoms with Gasteiger partial charge in [-0.25, -0.2) is 0 Å². The van der Waals surface area contributed by atoms with Gasteiger partial charge in [0.05, 0.1) is 78.8 Å². The summed E-state index contributed by atoms with van der Waals surface area (Å²) >= 11 is 0. The lowest BCUT2D eigenvalue weighted by atomic mass is 9.96. The van der Waals surface area contributed by atoms with Gasteiger partial charge < -0.3 is 64.6 Å². The van der Waals surface area contributed by atoms with E-state index in [4.69, 9.17) is 28.8 Å². The number of hydrogen-bond acceptors (Lipinski definition) is 25. The van der Waals surface area contributed by atoms with Gasteiger partial charge >= 0.3 is 0 Å². The number of rotatable bonds is 18. The molecule has 8 fully saturated rings. The molecule has 4 N–H and O–H groups in total. The zero-order valence-electron chi connectivity index (χ0n) is 90.8. The fraction of sp³-hybridized carbons (Fsp3) is 0.655. The molecule has 33 heteroatoms. The molecule has 4 aromatic carbocycles. The first-order chi connectivity index (χ1) is 71.6. The van der Waals surface area contributed by atoms with Crippen molar-refractivity contribution in [1.82, 2.24) is 80.0 Å². The average Bonchev–Trinajstić information content (AvgIpc) is 1.54. The molecule has 20 rings (SSSR count). The molecular formula is C116H160N16O17. The second-order valence-electron chi connectivity index (χ2n) is 45.9. The molecule has 8 bridgehead atoms. The van der Waals surface area contributed by atoms with E-state index in [1.165, 1.54) is 26.3 Å². The number of ether oxygens (including phenoxy) is 5. The lowest BCUT2D eigenvalue weighted by molar-refractivity contribution is -0.139. The molecule has 0 radical (unpaired) electrons. The molecule has 12 aliphatic rings. The number of amides is 4. The van der Waals surface area contributed by atoms with Crippen LogP contribution in [0.3, 0.4) is 0 Å². The highest BCUT2D eigenvalue weighted by Gasteiger charge is 2.70. The largest absolute Gasteiger partial charge is 0.491 e. The fourth-order valence-corrected chi connectivity index (χ4v) is 25.3. The highest BCUT2D eigenvalue weighted by atomic mass is 16.5. The summed E-state index contributed by atoms with van der Waals surface area (Å²) < 4.78 is 37.1. The number of Topliss-reactive ketones (excluding diaryl/α,β-unsaturated/α-hetero) is 8. The summed E-state index contributed by atoms with van der Waals surface area (Å²) in [6.07, 6.45) is 22.4. The van der Waals surface area contributed by atoms with Crippen molar-refractivity contribution in [3.63, 3.8) is 0 Å². The van der Waals surface area contributed by atoms with Crippen LogP contribution in [0.2, 0.25) is 0 Å². The summed E-state index contributed by atoms with van der Waals surface area (Å²) in [6.45, 7) is 39.5. The quantitative estimate of drug-likeness (QED) is 0.0580. The molecule has 8 aliphatic heterocycles. The summed E-state index contributed by atoms with van der Waals surface area (Å²) in [4.78, 5) is 165. The van der Waals surface area contributed by atoms with Crippen molar-refractivity contribution in [2.24, 2.45) is 27.6 Å². The van der Waals surface area contributed by atoms with Crippen LogP contribution >= 0.6 is 0 Å². The van der Waals surface area contributed by atoms with Crippen molar-refractivity contribution in [2.75, 3.05) is 79.0 Å². The van der Waals surface area contributed by atoms with Crippen molar-refractivity contribution in [1.29, 1.82) is 0 Å². The standard InChI is InChI=1S/C31H44N4O4.C29H40N4O5.C29H40N4O4.C27H36N4O4/c1-5-26(37)25-15-31-16-27(31)35(25)28(38)18-34-30-23(17-32-11-7-6-8-12-39-19-31)13-22(10-9-20(2)3)14-24(30)29(33-34)21(4)36;1-5-24(35)23-13-29-14-25(29)33(23)26(36)16-32-28-20(15-30-9-7-6-8-10-37-17-29)11-21(38-18(2)3)12-22(28)27(31-32)19(4)34;1-5-24(35)23-13-29-14-25(29)33(23)26(36)16-32-28-21(15-30-9-7-6-8-10-37-17-29)11-20(18(2)3)12-22(28)27(31-32)19(4)34;1-4-22(33)21-12-27-13-23(27)31(21)24(34)15-30-26-19(14-28-8-6-5-7-9-35-16-27)10-17(2)11-20(26)25(29-30)18(3)32/h13-14,20,25,27,32H,5-12,15-19H2,1-4H3;11-12,18,23,25,30H,5-10,13-17H2,1-4H3;11-12,18,23,25,30H,5-10,13-17H2,1-4H3;10-11,21,23,28H,4-9,12-16H2,1-3H3/t25-,27+,31-;2*23-,25+,29-;21-,23+,27-/m0000/s1. The summed E-state index contributed by atoms with van der Waals surface area (Å²) in [5, 5.41) is 35.9. The number of carbonyl (C=O) groups is 12. The molecule has 4 amide bonds. The van der Waals surface area contributed by atoms with E-state index in [-0.39, 0.29) is 148 Å². The maximum absolute atomic E-state index is 13.9. The molecule has 806 valence electrons. The molecule has 12 heterocycles.